The summed E-state index contributed by atoms with van der Waals surface area (Å²) in [5.74, 6) is 0. The minimum Gasteiger partial charge on any atom is 4.00 e. The maximum Gasteiger partial charge on any atom is 4.00 e. The van der Waals surface area contributed by atoms with Crippen molar-refractivity contribution in [1.29, 1.82) is 126 Å². The Bertz CT molecular complexity index is 683. The zero-order valence-corrected chi connectivity index (χ0v) is 37.4. The molecule has 24 nitrogen and oxygen atoms in total. The van der Waals surface area contributed by atoms with E-state index in [4.69, 9.17) is 284 Å². The fraction of sp³-hybridized carbons (Fsp3) is 0. The van der Waals surface area contributed by atoms with Crippen molar-refractivity contribution in [3.8, 4) is 0 Å². The van der Waals surface area contributed by atoms with Crippen LogP contribution in [0, 0.1) is 284 Å². The van der Waals surface area contributed by atoms with Gasteiger partial charge < -0.3 is 284 Å². The summed E-state index contributed by atoms with van der Waals surface area (Å²) in [4.78, 5) is 0. The van der Waals surface area contributed by atoms with Gasteiger partial charge in [0, 0.05) is 0 Å². The van der Waals surface area contributed by atoms with Crippen molar-refractivity contribution >= 4 is 0 Å². The van der Waals surface area contributed by atoms with Gasteiger partial charge in [0.1, 0.15) is 0 Å². The average molecular weight is 1120 g/mol. The maximum absolute atomic E-state index is 6.25. The van der Waals surface area contributed by atoms with Gasteiger partial charge in [0.25, 0.3) is 0 Å². The zero-order valence-electron chi connectivity index (χ0n) is 25.6. The molecule has 0 aromatic heterocycles. The van der Waals surface area contributed by atoms with Gasteiger partial charge in [-0.1, -0.05) is 0 Å². The minimum absolute atomic E-state index is 0. The Morgan fingerprint density at radius 2 is 0.145 bits per heavy atom. The second-order valence-corrected chi connectivity index (χ2v) is 12.6. The maximum atomic E-state index is 6.25. The van der Waals surface area contributed by atoms with E-state index < -0.39 is 0 Å². The van der Waals surface area contributed by atoms with Crippen LogP contribution in [0.25, 0.3) is 0 Å². The second kappa shape index (κ2) is 3170. The first-order valence-corrected chi connectivity index (χ1v) is 22.6. The molecule has 0 aromatic carbocycles. The van der Waals surface area contributed by atoms with Crippen molar-refractivity contribution in [3.05, 3.63) is 158 Å². The standard InChI is InChI=1S/24CN.4Fe.3Zr/c24*1-2;;;;;;;/q24*-1;;;;;;;+4. The predicted molar refractivity (Wildman–Crippen MR) is 119 cm³/mol. The molecule has 0 aliphatic rings. The molecule has 0 radical (unpaired) electrons. The molecule has 0 aliphatic carbocycles. The fourth-order valence-corrected chi connectivity index (χ4v) is 0. The Kier molecular flexibility index (Phi) is 14100. The summed E-state index contributed by atoms with van der Waals surface area (Å²) in [6, 6.07) is 0. The topological polar surface area (TPSA) is 571 Å². The molecule has 0 saturated heterocycles. The van der Waals surface area contributed by atoms with E-state index in [1.54, 1.807) is 0 Å². The molecule has 0 fully saturated rings. The smallest absolute Gasteiger partial charge is 4.00 e. The first-order valence-electron chi connectivity index (χ1n) is 6.07. The fourth-order valence-electron chi connectivity index (χ4n) is 0. The van der Waals surface area contributed by atoms with Crippen LogP contribution < -0.4 is 0 Å². The van der Waals surface area contributed by atoms with E-state index in [1.165, 1.54) is 0 Å². The summed E-state index contributed by atoms with van der Waals surface area (Å²) in [6.45, 7) is 114. The third kappa shape index (κ3) is 1630. The normalized spacial score (nSPS) is 1.24. The van der Waals surface area contributed by atoms with Gasteiger partial charge in [-0.15, -0.1) is 0 Å². The van der Waals surface area contributed by atoms with Gasteiger partial charge in [-0.3, -0.25) is 0 Å². The summed E-state index contributed by atoms with van der Waals surface area (Å²) >= 11 is 13.6. The van der Waals surface area contributed by atoms with Gasteiger partial charge in [0.15, 0.2) is 0 Å². The first kappa shape index (κ1) is 244. The van der Waals surface area contributed by atoms with Crippen LogP contribution in [-0.2, 0) is 108 Å². The van der Waals surface area contributed by atoms with Crippen LogP contribution in [0.3, 0.4) is 0 Å². The van der Waals surface area contributed by atoms with Crippen LogP contribution in [0.15, 0.2) is 0 Å². The molecule has 0 aromatic rings. The summed E-state index contributed by atoms with van der Waals surface area (Å²) in [5, 5.41) is 150. The van der Waals surface area contributed by atoms with E-state index in [9.17, 15) is 0 Å². The Morgan fingerprint density at radius 1 is 0.145 bits per heavy atom. The van der Waals surface area contributed by atoms with E-state index in [0.29, 0.717) is 0 Å². The van der Waals surface area contributed by atoms with Crippen molar-refractivity contribution in [3.63, 3.8) is 0 Å². The summed E-state index contributed by atoms with van der Waals surface area (Å²) in [5.41, 5.74) is 0. The van der Waals surface area contributed by atoms with Crippen LogP contribution in [0.2, 0.25) is 0 Å². The van der Waals surface area contributed by atoms with Crippen LogP contribution in [0.1, 0.15) is 0 Å². The number of hydrogen-bond donors (Lipinski definition) is 0. The van der Waals surface area contributed by atoms with E-state index >= 15 is 0 Å². The largest absolute Gasteiger partial charge is 4.00 e. The Hall–Kier alpha value is -7.51. The second-order valence-electron chi connectivity index (χ2n) is 0.125. The molecule has 0 aliphatic heterocycles. The minimum atomic E-state index is -0.270. The van der Waals surface area contributed by atoms with Crippen molar-refractivity contribution < 1.29 is 108 Å². The molecule has 0 bridgehead atoms. The Morgan fingerprint density at radius 3 is 0.145 bits per heavy atom. The number of hydrogen-bond acceptors (Lipinski definition) is 24. The van der Waals surface area contributed by atoms with Gasteiger partial charge in [0.2, 0.25) is 0 Å². The van der Waals surface area contributed by atoms with E-state index in [0.717, 1.165) is 0 Å². The molecule has 0 amide bonds. The van der Waals surface area contributed by atoms with Crippen molar-refractivity contribution in [1.82, 2.24) is 0 Å². The molecule has 0 rings (SSSR count). The number of nitrogens with zero attached hydrogens (tertiary/aromatic N) is 24. The van der Waals surface area contributed by atoms with Crippen molar-refractivity contribution in [2.75, 3.05) is 0 Å². The van der Waals surface area contributed by atoms with E-state index in [-0.39, 0.29) is 60.8 Å². The molecular weight excluding hydrogens is 1120 g/mol. The SMILES string of the molecule is [C-]#N.[C-]#N.[C-]#N.[C-]#N.[C-]#N.[C-]#N.[C-]#N.[C-]#N.[C-]#N.[C-]#N.[C-]#N.[C-]#N.[C-]#N.[C-]#N.[C-]#N.[C-]#N.[C-]#N.[C-]#N.[C-]#N.[C-]#N.[C-]#N.[C-]#N.[C-]#N.[C-]#N.[Fe]=[Zr]=[Fe].[Fe]=[Zr]=[Fe].[Zr+4]. The van der Waals surface area contributed by atoms with Gasteiger partial charge in [-0.25, -0.2) is 0 Å². The van der Waals surface area contributed by atoms with Gasteiger partial charge in [-0.05, 0) is 0 Å². The van der Waals surface area contributed by atoms with Gasteiger partial charge >= 0.3 is 108 Å². The van der Waals surface area contributed by atoms with Gasteiger partial charge in [-0.2, -0.15) is 0 Å². The quantitative estimate of drug-likeness (QED) is 0.248. The first-order chi connectivity index (χ1) is 26.8. The third-order valence-corrected chi connectivity index (χ3v) is 0. The molecule has 0 atom stereocenters. The Labute approximate surface area is 387 Å². The number of rotatable bonds is 0. The van der Waals surface area contributed by atoms with Crippen LogP contribution in [0.5, 0.6) is 0 Å². The van der Waals surface area contributed by atoms with E-state index in [2.05, 4.69) is 46.9 Å². The molecule has 0 unspecified atom stereocenters. The monoisotopic (exact) mass is 1120 g/mol. The molecule has 55 heavy (non-hydrogen) atoms. The molecule has 0 heterocycles. The predicted octanol–water partition coefficient (Wildman–Crippen LogP) is 2.30. The summed E-state index contributed by atoms with van der Waals surface area (Å²) < 4.78 is 0. The molecule has 0 N–H and O–H groups in total. The summed E-state index contributed by atoms with van der Waals surface area (Å²) in [7, 11) is 0. The average Bonchev–Trinajstić information content (AvgIpc) is 3.39. The van der Waals surface area contributed by atoms with Crippen LogP contribution in [-0.4, -0.2) is 0 Å². The van der Waals surface area contributed by atoms with Crippen LogP contribution >= 0.6 is 0 Å². The molecule has 0 saturated carbocycles. The zero-order chi connectivity index (χ0) is 53.4. The van der Waals surface area contributed by atoms with Crippen molar-refractivity contribution in [2.45, 2.75) is 0 Å². The van der Waals surface area contributed by atoms with E-state index in [1.807, 2.05) is 0 Å². The van der Waals surface area contributed by atoms with Crippen molar-refractivity contribution in [2.24, 2.45) is 0 Å². The third-order valence-electron chi connectivity index (χ3n) is 0. The Balaban J connectivity index is -0.00000000593. The molecular formula is C24Fe4N24Zr3-20. The molecule has 0 spiro atoms. The van der Waals surface area contributed by atoms with Gasteiger partial charge in [0.05, 0.1) is 0 Å². The summed E-state index contributed by atoms with van der Waals surface area (Å²) in [6.07, 6.45) is 0. The molecule has 31 heteroatoms. The molecule has 280 valence electrons. The van der Waals surface area contributed by atoms with Crippen LogP contribution in [0.4, 0.5) is 0 Å².